The Bertz CT molecular complexity index is 1220. The summed E-state index contributed by atoms with van der Waals surface area (Å²) in [6, 6.07) is 13.9. The molecule has 0 saturated carbocycles. The molecule has 2 aromatic carbocycles. The Balaban J connectivity index is 1.62. The number of carbonyl (C=O) groups is 1. The van der Waals surface area contributed by atoms with Gasteiger partial charge in [0.25, 0.3) is 5.52 Å². The van der Waals surface area contributed by atoms with Crippen molar-refractivity contribution in [3.05, 3.63) is 77.2 Å². The van der Waals surface area contributed by atoms with Crippen molar-refractivity contribution in [1.82, 2.24) is 15.0 Å². The number of primary amides is 1. The number of benzene rings is 2. The van der Waals surface area contributed by atoms with Crippen molar-refractivity contribution in [2.45, 2.75) is 13.0 Å². The third-order valence-electron chi connectivity index (χ3n) is 4.49. The zero-order valence-corrected chi connectivity index (χ0v) is 16.1. The Labute approximate surface area is 170 Å². The van der Waals surface area contributed by atoms with Crippen LogP contribution in [0.2, 0.25) is 5.02 Å². The van der Waals surface area contributed by atoms with Gasteiger partial charge < -0.3 is 10.5 Å². The molecule has 0 bridgehead atoms. The van der Waals surface area contributed by atoms with Gasteiger partial charge in [0.2, 0.25) is 12.1 Å². The van der Waals surface area contributed by atoms with Crippen molar-refractivity contribution in [2.75, 3.05) is 0 Å². The number of carbonyl (C=O) groups excluding carboxylic acids is 1. The van der Waals surface area contributed by atoms with Crippen LogP contribution in [0, 0.1) is 0 Å². The summed E-state index contributed by atoms with van der Waals surface area (Å²) in [4.78, 5) is 11.5. The summed E-state index contributed by atoms with van der Waals surface area (Å²) in [7, 11) is 0. The molecule has 1 amide bonds. The first-order valence-electron chi connectivity index (χ1n) is 8.75. The van der Waals surface area contributed by atoms with Crippen molar-refractivity contribution < 1.29 is 19.5 Å². The highest BCUT2D eigenvalue weighted by Crippen LogP contribution is 2.27. The highest BCUT2D eigenvalue weighted by atomic mass is 35.5. The number of rotatable bonds is 5. The third-order valence-corrected chi connectivity index (χ3v) is 4.82. The van der Waals surface area contributed by atoms with Gasteiger partial charge in [-0.15, -0.1) is 5.10 Å². The zero-order chi connectivity index (χ0) is 20.5. The van der Waals surface area contributed by atoms with Crippen LogP contribution in [0.4, 0.5) is 0 Å². The van der Waals surface area contributed by atoms with E-state index in [0.29, 0.717) is 22.6 Å². The van der Waals surface area contributed by atoms with Crippen LogP contribution in [0.15, 0.2) is 60.9 Å². The van der Waals surface area contributed by atoms with Crippen LogP contribution in [0.3, 0.4) is 0 Å². The maximum Gasteiger partial charge on any atom is 0.268 e. The lowest BCUT2D eigenvalue weighted by Gasteiger charge is -2.12. The molecule has 0 unspecified atom stereocenters. The van der Waals surface area contributed by atoms with Crippen LogP contribution in [-0.4, -0.2) is 26.1 Å². The number of amides is 1. The van der Waals surface area contributed by atoms with E-state index >= 15 is 0 Å². The van der Waals surface area contributed by atoms with Gasteiger partial charge in [-0.05, 0) is 31.2 Å². The van der Waals surface area contributed by atoms with E-state index in [9.17, 15) is 10.0 Å². The van der Waals surface area contributed by atoms with Crippen molar-refractivity contribution in [2.24, 2.45) is 5.73 Å². The highest BCUT2D eigenvalue weighted by molar-refractivity contribution is 6.33. The van der Waals surface area contributed by atoms with E-state index in [-0.39, 0.29) is 10.6 Å². The maximum atomic E-state index is 11.5. The fraction of sp³-hybridized carbons (Fsp3) is 0.100. The molecule has 0 radical (unpaired) electrons. The maximum absolute atomic E-state index is 11.5. The molecule has 0 aliphatic carbocycles. The monoisotopic (exact) mass is 410 g/mol. The molecule has 8 nitrogen and oxygen atoms in total. The average molecular weight is 411 g/mol. The Morgan fingerprint density at radius 3 is 2.86 bits per heavy atom. The number of halogens is 1. The van der Waals surface area contributed by atoms with E-state index in [0.717, 1.165) is 10.1 Å². The molecule has 4 aromatic rings. The normalized spacial score (nSPS) is 12.1. The quantitative estimate of drug-likeness (QED) is 0.388. The molecule has 1 atom stereocenters. The largest absolute Gasteiger partial charge is 0.483 e. The molecule has 0 aliphatic heterocycles. The number of para-hydroxylation sites is 1. The van der Waals surface area contributed by atoms with Crippen molar-refractivity contribution in [3.63, 3.8) is 0 Å². The summed E-state index contributed by atoms with van der Waals surface area (Å²) in [6.07, 6.45) is 2.81. The number of aromatic nitrogens is 4. The molecule has 3 N–H and O–H groups in total. The predicted octanol–water partition coefficient (Wildman–Crippen LogP) is 2.84. The Hall–Kier alpha value is -3.65. The van der Waals surface area contributed by atoms with Crippen molar-refractivity contribution in [3.8, 4) is 11.4 Å². The fourth-order valence-corrected chi connectivity index (χ4v) is 3.19. The molecular weight excluding hydrogens is 394 g/mol. The number of pyridine rings is 1. The smallest absolute Gasteiger partial charge is 0.268 e. The van der Waals surface area contributed by atoms with Gasteiger partial charge in [-0.3, -0.25) is 10.0 Å². The molecule has 0 saturated heterocycles. The van der Waals surface area contributed by atoms with Gasteiger partial charge in [-0.25, -0.2) is 4.68 Å². The minimum Gasteiger partial charge on any atom is -0.483 e. The Morgan fingerprint density at radius 2 is 2.07 bits per heavy atom. The minimum absolute atomic E-state index is 0.207. The van der Waals surface area contributed by atoms with Gasteiger partial charge in [-0.2, -0.15) is 0 Å². The zero-order valence-electron chi connectivity index (χ0n) is 15.4. The topological polar surface area (TPSA) is 107 Å². The lowest BCUT2D eigenvalue weighted by Crippen LogP contribution is -2.30. The number of ether oxygens (including phenoxy) is 1. The number of nitrogens with two attached hydrogens (primary N) is 1. The first kappa shape index (κ1) is 18.7. The van der Waals surface area contributed by atoms with Crippen LogP contribution in [-0.2, 0) is 0 Å². The molecule has 0 spiro atoms. The van der Waals surface area contributed by atoms with Gasteiger partial charge in [0.1, 0.15) is 17.5 Å². The Morgan fingerprint density at radius 1 is 1.28 bits per heavy atom. The molecule has 2 heterocycles. The fourth-order valence-electron chi connectivity index (χ4n) is 2.98. The average Bonchev–Trinajstić information content (AvgIpc) is 3.21. The summed E-state index contributed by atoms with van der Waals surface area (Å²) in [5, 5.41) is 19.3. The van der Waals surface area contributed by atoms with Gasteiger partial charge in [0.15, 0.2) is 0 Å². The number of hydrogen-bond acceptors (Lipinski definition) is 5. The summed E-state index contributed by atoms with van der Waals surface area (Å²) < 4.78 is 8.62. The second-order valence-electron chi connectivity index (χ2n) is 6.42. The van der Waals surface area contributed by atoms with E-state index in [2.05, 4.69) is 10.3 Å². The van der Waals surface area contributed by atoms with Gasteiger partial charge in [0.05, 0.1) is 27.9 Å². The van der Waals surface area contributed by atoms with Crippen LogP contribution in [0.5, 0.6) is 5.75 Å². The molecule has 0 fully saturated rings. The Kier molecular flexibility index (Phi) is 4.77. The molecular formula is C20H17ClN5O3+. The standard InChI is InChI=1S/C20H16ClN5O3/c1-12(29-19-8-9-26(28)18-5-3-2-4-14(18)19)17-11-25(24-23-17)13-6-7-16(21)15(10-13)20(22)27/h2-12H,1H3,(H2-,22,27,28)/p+1/t12-/m1/s1. The van der Waals surface area contributed by atoms with Crippen molar-refractivity contribution >= 4 is 28.4 Å². The van der Waals surface area contributed by atoms with Crippen LogP contribution in [0.1, 0.15) is 29.1 Å². The predicted molar refractivity (Wildman–Crippen MR) is 105 cm³/mol. The van der Waals surface area contributed by atoms with Crippen LogP contribution in [0.25, 0.3) is 16.6 Å². The van der Waals surface area contributed by atoms with Gasteiger partial charge in [0, 0.05) is 16.9 Å². The summed E-state index contributed by atoms with van der Waals surface area (Å²) in [5.74, 6) is -0.0126. The van der Waals surface area contributed by atoms with Gasteiger partial charge >= 0.3 is 0 Å². The summed E-state index contributed by atoms with van der Waals surface area (Å²) in [5.41, 5.74) is 7.37. The van der Waals surface area contributed by atoms with E-state index in [4.69, 9.17) is 22.1 Å². The lowest BCUT2D eigenvalue weighted by molar-refractivity contribution is -0.884. The number of nitrogens with zero attached hydrogens (tertiary/aromatic N) is 4. The summed E-state index contributed by atoms with van der Waals surface area (Å²) in [6.45, 7) is 1.85. The second-order valence-corrected chi connectivity index (χ2v) is 6.83. The van der Waals surface area contributed by atoms with E-state index in [1.165, 1.54) is 10.9 Å². The summed E-state index contributed by atoms with van der Waals surface area (Å²) >= 11 is 6.00. The first-order valence-corrected chi connectivity index (χ1v) is 9.13. The molecule has 2 aromatic heterocycles. The highest BCUT2D eigenvalue weighted by Gasteiger charge is 2.18. The SMILES string of the molecule is C[C@@H](Oc1cc[n+](O)c2ccccc12)c1cn(-c2ccc(Cl)c(C(N)=O)c2)nn1. The molecule has 29 heavy (non-hydrogen) atoms. The van der Waals surface area contributed by atoms with Crippen LogP contribution < -0.4 is 15.2 Å². The molecule has 146 valence electrons. The van der Waals surface area contributed by atoms with E-state index < -0.39 is 12.0 Å². The minimum atomic E-state index is -0.619. The van der Waals surface area contributed by atoms with Crippen LogP contribution >= 0.6 is 11.6 Å². The van der Waals surface area contributed by atoms with Crippen molar-refractivity contribution in [1.29, 1.82) is 0 Å². The third kappa shape index (κ3) is 3.57. The molecule has 4 rings (SSSR count). The molecule has 9 heteroatoms. The number of fused-ring (bicyclic) bond motifs is 1. The van der Waals surface area contributed by atoms with E-state index in [1.807, 2.05) is 25.1 Å². The lowest BCUT2D eigenvalue weighted by atomic mass is 10.2. The van der Waals surface area contributed by atoms with E-state index in [1.54, 1.807) is 36.5 Å². The number of hydrogen-bond donors (Lipinski definition) is 2. The first-order chi connectivity index (χ1) is 13.9. The van der Waals surface area contributed by atoms with Gasteiger partial charge in [-0.1, -0.05) is 28.9 Å². The molecule has 0 aliphatic rings. The second kappa shape index (κ2) is 7.40.